The summed E-state index contributed by atoms with van der Waals surface area (Å²) in [7, 11) is 0. The zero-order valence-electron chi connectivity index (χ0n) is 14.6. The Morgan fingerprint density at radius 2 is 1.85 bits per heavy atom. The molecule has 1 aromatic heterocycles. The number of nitrogens with zero attached hydrogens (tertiary/aromatic N) is 3. The third-order valence-corrected chi connectivity index (χ3v) is 4.36. The first-order valence-electron chi connectivity index (χ1n) is 8.21. The minimum absolute atomic E-state index is 0.275. The van der Waals surface area contributed by atoms with Crippen molar-refractivity contribution in [1.29, 1.82) is 0 Å². The first-order chi connectivity index (χ1) is 12.5. The number of aryl methyl sites for hydroxylation is 2. The molecule has 0 atom stereocenters. The van der Waals surface area contributed by atoms with E-state index < -0.39 is 0 Å². The van der Waals surface area contributed by atoms with Gasteiger partial charge in [0.1, 0.15) is 5.15 Å². The highest BCUT2D eigenvalue weighted by Gasteiger charge is 2.12. The van der Waals surface area contributed by atoms with Crippen LogP contribution < -0.4 is 5.43 Å². The summed E-state index contributed by atoms with van der Waals surface area (Å²) in [4.78, 5) is 12.0. The quantitative estimate of drug-likeness (QED) is 0.548. The molecule has 0 fully saturated rings. The lowest BCUT2D eigenvalue weighted by molar-refractivity contribution is 0.0955. The lowest BCUT2D eigenvalue weighted by atomic mass is 10.1. The van der Waals surface area contributed by atoms with Crippen LogP contribution in [0.2, 0.25) is 5.15 Å². The van der Waals surface area contributed by atoms with Gasteiger partial charge in [-0.05, 0) is 31.5 Å². The van der Waals surface area contributed by atoms with E-state index in [0.717, 1.165) is 11.3 Å². The molecule has 1 amide bonds. The van der Waals surface area contributed by atoms with Crippen LogP contribution in [0.5, 0.6) is 0 Å². The van der Waals surface area contributed by atoms with Crippen molar-refractivity contribution < 1.29 is 4.79 Å². The topological polar surface area (TPSA) is 59.3 Å². The Labute approximate surface area is 157 Å². The minimum Gasteiger partial charge on any atom is -0.267 e. The highest BCUT2D eigenvalue weighted by molar-refractivity contribution is 6.32. The number of rotatable bonds is 5. The molecule has 0 saturated carbocycles. The van der Waals surface area contributed by atoms with Crippen molar-refractivity contribution in [3.63, 3.8) is 0 Å². The van der Waals surface area contributed by atoms with Crippen molar-refractivity contribution in [1.82, 2.24) is 15.2 Å². The number of hydrogen-bond acceptors (Lipinski definition) is 3. The van der Waals surface area contributed by atoms with E-state index in [1.807, 2.05) is 19.9 Å². The summed E-state index contributed by atoms with van der Waals surface area (Å²) in [5, 5.41) is 8.96. The summed E-state index contributed by atoms with van der Waals surface area (Å²) in [6.07, 6.45) is 1.52. The normalized spacial score (nSPS) is 11.0. The molecule has 0 aliphatic heterocycles. The molecular formula is C20H19ClN4O. The molecule has 0 aliphatic rings. The van der Waals surface area contributed by atoms with Crippen LogP contribution in [0, 0.1) is 13.8 Å². The van der Waals surface area contributed by atoms with Gasteiger partial charge >= 0.3 is 0 Å². The van der Waals surface area contributed by atoms with Crippen molar-refractivity contribution >= 4 is 23.7 Å². The van der Waals surface area contributed by atoms with Gasteiger partial charge in [-0.15, -0.1) is 0 Å². The maximum absolute atomic E-state index is 12.0. The highest BCUT2D eigenvalue weighted by Crippen LogP contribution is 2.19. The first kappa shape index (κ1) is 17.9. The zero-order valence-corrected chi connectivity index (χ0v) is 15.4. The summed E-state index contributed by atoms with van der Waals surface area (Å²) in [6, 6.07) is 17.1. The lowest BCUT2D eigenvalue weighted by Gasteiger charge is -2.04. The molecule has 0 bridgehead atoms. The second-order valence-electron chi connectivity index (χ2n) is 6.00. The molecular weight excluding hydrogens is 348 g/mol. The van der Waals surface area contributed by atoms with Gasteiger partial charge in [-0.2, -0.15) is 10.2 Å². The van der Waals surface area contributed by atoms with Crippen molar-refractivity contribution in [2.45, 2.75) is 20.4 Å². The fraction of sp³-hybridized carbons (Fsp3) is 0.150. The molecule has 0 spiro atoms. The Morgan fingerprint density at radius 1 is 1.15 bits per heavy atom. The molecule has 26 heavy (non-hydrogen) atoms. The fourth-order valence-electron chi connectivity index (χ4n) is 2.49. The van der Waals surface area contributed by atoms with E-state index in [4.69, 9.17) is 11.6 Å². The molecule has 3 aromatic rings. The van der Waals surface area contributed by atoms with Gasteiger partial charge in [-0.25, -0.2) is 10.1 Å². The third kappa shape index (κ3) is 4.18. The summed E-state index contributed by atoms with van der Waals surface area (Å²) >= 11 is 6.44. The molecule has 2 aromatic carbocycles. The monoisotopic (exact) mass is 366 g/mol. The molecule has 1 heterocycles. The molecule has 3 rings (SSSR count). The van der Waals surface area contributed by atoms with E-state index in [0.29, 0.717) is 22.8 Å². The van der Waals surface area contributed by atoms with Gasteiger partial charge in [0.15, 0.2) is 0 Å². The summed E-state index contributed by atoms with van der Waals surface area (Å²) in [6.45, 7) is 4.48. The van der Waals surface area contributed by atoms with Gasteiger partial charge in [0.2, 0.25) is 0 Å². The Bertz CT molecular complexity index is 930. The van der Waals surface area contributed by atoms with Crippen LogP contribution in [0.4, 0.5) is 0 Å². The smallest absolute Gasteiger partial charge is 0.267 e. The number of carbonyl (C=O) groups is 1. The zero-order chi connectivity index (χ0) is 18.5. The van der Waals surface area contributed by atoms with E-state index in [-0.39, 0.29) is 5.91 Å². The van der Waals surface area contributed by atoms with Gasteiger partial charge in [0.25, 0.3) is 5.91 Å². The number of carbonyl (C=O) groups excluding carboxylic acids is 1. The minimum atomic E-state index is -0.275. The second kappa shape index (κ2) is 7.97. The largest absolute Gasteiger partial charge is 0.271 e. The van der Waals surface area contributed by atoms with Gasteiger partial charge in [-0.1, -0.05) is 59.6 Å². The lowest BCUT2D eigenvalue weighted by Crippen LogP contribution is -2.17. The number of hydrazone groups is 1. The molecule has 1 N–H and O–H groups in total. The molecule has 0 saturated heterocycles. The average Bonchev–Trinajstić information content (AvgIpc) is 2.91. The van der Waals surface area contributed by atoms with Gasteiger partial charge in [0, 0.05) is 5.56 Å². The van der Waals surface area contributed by atoms with E-state index in [1.54, 1.807) is 28.9 Å². The van der Waals surface area contributed by atoms with Crippen LogP contribution in [-0.4, -0.2) is 21.9 Å². The second-order valence-corrected chi connectivity index (χ2v) is 6.36. The molecule has 0 radical (unpaired) electrons. The van der Waals surface area contributed by atoms with E-state index in [2.05, 4.69) is 39.9 Å². The summed E-state index contributed by atoms with van der Waals surface area (Å²) in [5.41, 5.74) is 6.80. The van der Waals surface area contributed by atoms with Crippen LogP contribution in [0.3, 0.4) is 0 Å². The third-order valence-electron chi connectivity index (χ3n) is 3.96. The van der Waals surface area contributed by atoms with Crippen molar-refractivity contribution in [2.24, 2.45) is 5.10 Å². The molecule has 0 aliphatic carbocycles. The number of hydrogen-bond donors (Lipinski definition) is 1. The SMILES string of the molecule is Cc1ccc(Cn2nc(C)c(/C=N\NC(=O)c3ccccc3)c2Cl)cc1. The highest BCUT2D eigenvalue weighted by atomic mass is 35.5. The van der Waals surface area contributed by atoms with Crippen LogP contribution >= 0.6 is 11.6 Å². The standard InChI is InChI=1S/C20H19ClN4O/c1-14-8-10-16(11-9-14)13-25-19(21)18(15(2)24-25)12-22-23-20(26)17-6-4-3-5-7-17/h3-12H,13H2,1-2H3,(H,23,26)/b22-12-. The Kier molecular flexibility index (Phi) is 5.49. The summed E-state index contributed by atoms with van der Waals surface area (Å²) in [5.74, 6) is -0.275. The van der Waals surface area contributed by atoms with E-state index in [1.165, 1.54) is 11.8 Å². The number of halogens is 1. The molecule has 132 valence electrons. The van der Waals surface area contributed by atoms with Gasteiger partial charge in [0.05, 0.1) is 24.0 Å². The Morgan fingerprint density at radius 3 is 2.54 bits per heavy atom. The average molecular weight is 367 g/mol. The Balaban J connectivity index is 1.71. The maximum Gasteiger partial charge on any atom is 0.271 e. The number of aromatic nitrogens is 2. The predicted molar refractivity (Wildman–Crippen MR) is 104 cm³/mol. The van der Waals surface area contributed by atoms with E-state index >= 15 is 0 Å². The van der Waals surface area contributed by atoms with Gasteiger partial charge in [-0.3, -0.25) is 4.79 Å². The van der Waals surface area contributed by atoms with Crippen molar-refractivity contribution in [2.75, 3.05) is 0 Å². The van der Waals surface area contributed by atoms with Crippen LogP contribution in [0.25, 0.3) is 0 Å². The van der Waals surface area contributed by atoms with Crippen LogP contribution in [0.1, 0.15) is 32.7 Å². The Hall–Kier alpha value is -2.92. The number of nitrogens with one attached hydrogen (secondary N) is 1. The predicted octanol–water partition coefficient (Wildman–Crippen LogP) is 3.97. The number of benzene rings is 2. The number of amides is 1. The molecule has 5 nitrogen and oxygen atoms in total. The summed E-state index contributed by atoms with van der Waals surface area (Å²) < 4.78 is 1.72. The van der Waals surface area contributed by atoms with Crippen molar-refractivity contribution in [3.8, 4) is 0 Å². The van der Waals surface area contributed by atoms with Gasteiger partial charge < -0.3 is 0 Å². The van der Waals surface area contributed by atoms with Crippen LogP contribution in [-0.2, 0) is 6.54 Å². The van der Waals surface area contributed by atoms with Crippen LogP contribution in [0.15, 0.2) is 59.7 Å². The fourth-order valence-corrected chi connectivity index (χ4v) is 2.78. The molecule has 0 unspecified atom stereocenters. The van der Waals surface area contributed by atoms with Crippen molar-refractivity contribution in [3.05, 3.63) is 87.7 Å². The van der Waals surface area contributed by atoms with E-state index in [9.17, 15) is 4.79 Å². The first-order valence-corrected chi connectivity index (χ1v) is 8.59. The molecule has 6 heteroatoms. The maximum atomic E-state index is 12.0.